The van der Waals surface area contributed by atoms with E-state index in [9.17, 15) is 22.4 Å². The molecule has 3 rings (SSSR count). The van der Waals surface area contributed by atoms with Crippen LogP contribution in [0.25, 0.3) is 0 Å². The first-order chi connectivity index (χ1) is 15.2. The minimum absolute atomic E-state index is 0.138. The molecule has 9 nitrogen and oxygen atoms in total. The lowest BCUT2D eigenvalue weighted by Crippen LogP contribution is -2.46. The number of benzene rings is 2. The second-order valence-electron chi connectivity index (χ2n) is 7.35. The summed E-state index contributed by atoms with van der Waals surface area (Å²) < 4.78 is 56.5. The molecule has 2 aromatic rings. The molecular formula is C21H23FN2O7S. The van der Waals surface area contributed by atoms with Crippen LogP contribution in [0.4, 0.5) is 4.39 Å². The quantitative estimate of drug-likeness (QED) is 0.540. The molecule has 0 aliphatic carbocycles. The number of esters is 1. The lowest BCUT2D eigenvalue weighted by Gasteiger charge is -2.21. The number of rotatable bonds is 9. The Kier molecular flexibility index (Phi) is 7.31. The number of sulfonamides is 1. The van der Waals surface area contributed by atoms with E-state index in [2.05, 4.69) is 10.0 Å². The summed E-state index contributed by atoms with van der Waals surface area (Å²) in [7, 11) is -4.32. The summed E-state index contributed by atoms with van der Waals surface area (Å²) >= 11 is 0. The Morgan fingerprint density at radius 1 is 1.12 bits per heavy atom. The van der Waals surface area contributed by atoms with Crippen molar-refractivity contribution >= 4 is 21.9 Å². The smallest absolute Gasteiger partial charge is 0.324 e. The van der Waals surface area contributed by atoms with Crippen molar-refractivity contribution in [3.8, 4) is 11.5 Å². The molecule has 0 bridgehead atoms. The minimum atomic E-state index is -4.32. The Balaban J connectivity index is 1.54. The van der Waals surface area contributed by atoms with Crippen molar-refractivity contribution in [3.05, 3.63) is 53.8 Å². The van der Waals surface area contributed by atoms with Gasteiger partial charge in [0.05, 0.1) is 0 Å². The molecule has 0 saturated carbocycles. The maximum absolute atomic E-state index is 13.9. The molecule has 1 aliphatic rings. The summed E-state index contributed by atoms with van der Waals surface area (Å²) in [5.74, 6) is -1.79. The van der Waals surface area contributed by atoms with Crippen LogP contribution in [0, 0.1) is 11.7 Å². The molecule has 1 aliphatic heterocycles. The van der Waals surface area contributed by atoms with Crippen molar-refractivity contribution in [1.29, 1.82) is 0 Å². The number of nitrogens with one attached hydrogen (secondary N) is 2. The molecule has 0 aromatic heterocycles. The zero-order valence-electron chi connectivity index (χ0n) is 17.5. The molecule has 0 spiro atoms. The van der Waals surface area contributed by atoms with Crippen molar-refractivity contribution in [1.82, 2.24) is 10.0 Å². The van der Waals surface area contributed by atoms with Crippen LogP contribution in [-0.2, 0) is 30.9 Å². The average Bonchev–Trinajstić information content (AvgIpc) is 3.22. The van der Waals surface area contributed by atoms with Crippen LogP contribution in [0.2, 0.25) is 0 Å². The maximum atomic E-state index is 13.9. The van der Waals surface area contributed by atoms with Gasteiger partial charge in [-0.05, 0) is 35.7 Å². The lowest BCUT2D eigenvalue weighted by molar-refractivity contribution is -0.151. The van der Waals surface area contributed by atoms with E-state index in [1.54, 1.807) is 32.0 Å². The van der Waals surface area contributed by atoms with Gasteiger partial charge in [0.2, 0.25) is 16.8 Å². The second kappa shape index (κ2) is 9.96. The number of hydrogen-bond acceptors (Lipinski definition) is 7. The molecule has 0 radical (unpaired) electrons. The first kappa shape index (κ1) is 23.5. The van der Waals surface area contributed by atoms with E-state index >= 15 is 0 Å². The predicted molar refractivity (Wildman–Crippen MR) is 111 cm³/mol. The van der Waals surface area contributed by atoms with Gasteiger partial charge < -0.3 is 19.5 Å². The first-order valence-corrected chi connectivity index (χ1v) is 11.2. The van der Waals surface area contributed by atoms with E-state index in [0.717, 1.165) is 17.7 Å². The fourth-order valence-electron chi connectivity index (χ4n) is 2.88. The Labute approximate surface area is 184 Å². The standard InChI is InChI=1S/C21H23FN2O7S/c1-13(2)20(24-32(27,28)18-6-4-3-5-15(18)22)21(26)29-11-19(25)23-10-14-7-8-16-17(9-14)31-12-30-16/h3-9,13,20,24H,10-12H2,1-2H3,(H,23,25)/t20-/m0/s1. The summed E-state index contributed by atoms with van der Waals surface area (Å²) in [5, 5.41) is 2.59. The molecule has 32 heavy (non-hydrogen) atoms. The number of halogens is 1. The molecule has 0 fully saturated rings. The summed E-state index contributed by atoms with van der Waals surface area (Å²) in [6.07, 6.45) is 0. The Hall–Kier alpha value is -3.18. The molecule has 172 valence electrons. The van der Waals surface area contributed by atoms with Gasteiger partial charge in [-0.25, -0.2) is 12.8 Å². The van der Waals surface area contributed by atoms with Crippen LogP contribution in [-0.4, -0.2) is 39.7 Å². The zero-order chi connectivity index (χ0) is 23.3. The van der Waals surface area contributed by atoms with Gasteiger partial charge in [-0.1, -0.05) is 32.0 Å². The van der Waals surface area contributed by atoms with Gasteiger partial charge >= 0.3 is 5.97 Å². The number of fused-ring (bicyclic) bond motifs is 1. The van der Waals surface area contributed by atoms with Crippen LogP contribution < -0.4 is 19.5 Å². The van der Waals surface area contributed by atoms with Crippen LogP contribution in [0.1, 0.15) is 19.4 Å². The normalized spacial score (nSPS) is 13.6. The Morgan fingerprint density at radius 2 is 1.84 bits per heavy atom. The highest BCUT2D eigenvalue weighted by Gasteiger charge is 2.31. The van der Waals surface area contributed by atoms with E-state index in [1.807, 2.05) is 0 Å². The highest BCUT2D eigenvalue weighted by Crippen LogP contribution is 2.32. The largest absolute Gasteiger partial charge is 0.454 e. The topological polar surface area (TPSA) is 120 Å². The minimum Gasteiger partial charge on any atom is -0.454 e. The van der Waals surface area contributed by atoms with Gasteiger partial charge in [0.25, 0.3) is 5.91 Å². The van der Waals surface area contributed by atoms with Crippen molar-refractivity contribution < 1.29 is 36.6 Å². The van der Waals surface area contributed by atoms with Gasteiger partial charge in [0.1, 0.15) is 16.8 Å². The maximum Gasteiger partial charge on any atom is 0.324 e. The van der Waals surface area contributed by atoms with Crippen molar-refractivity contribution in [3.63, 3.8) is 0 Å². The van der Waals surface area contributed by atoms with Crippen LogP contribution in [0.5, 0.6) is 11.5 Å². The van der Waals surface area contributed by atoms with Gasteiger partial charge in [-0.3, -0.25) is 9.59 Å². The summed E-state index contributed by atoms with van der Waals surface area (Å²) in [6, 6.07) is 8.70. The van der Waals surface area contributed by atoms with Gasteiger partial charge in [0, 0.05) is 6.54 Å². The highest BCUT2D eigenvalue weighted by atomic mass is 32.2. The number of hydrogen-bond donors (Lipinski definition) is 2. The van der Waals surface area contributed by atoms with E-state index in [0.29, 0.717) is 11.5 Å². The highest BCUT2D eigenvalue weighted by molar-refractivity contribution is 7.89. The van der Waals surface area contributed by atoms with Gasteiger partial charge in [0.15, 0.2) is 18.1 Å². The molecule has 1 amide bonds. The van der Waals surface area contributed by atoms with Gasteiger partial charge in [-0.15, -0.1) is 0 Å². The number of carbonyl (C=O) groups excluding carboxylic acids is 2. The number of carbonyl (C=O) groups is 2. The van der Waals surface area contributed by atoms with Crippen LogP contribution in [0.15, 0.2) is 47.4 Å². The first-order valence-electron chi connectivity index (χ1n) is 9.76. The predicted octanol–water partition coefficient (Wildman–Crippen LogP) is 1.72. The van der Waals surface area contributed by atoms with E-state index < -0.39 is 51.2 Å². The van der Waals surface area contributed by atoms with Crippen molar-refractivity contribution in [2.24, 2.45) is 5.92 Å². The summed E-state index contributed by atoms with van der Waals surface area (Å²) in [6.45, 7) is 2.89. The van der Waals surface area contributed by atoms with Crippen molar-refractivity contribution in [2.75, 3.05) is 13.4 Å². The van der Waals surface area contributed by atoms with E-state index in [4.69, 9.17) is 14.2 Å². The SMILES string of the molecule is CC(C)[C@H](NS(=O)(=O)c1ccccc1F)C(=O)OCC(=O)NCc1ccc2c(c1)OCO2. The summed E-state index contributed by atoms with van der Waals surface area (Å²) in [5.41, 5.74) is 0.756. The molecule has 1 atom stereocenters. The zero-order valence-corrected chi connectivity index (χ0v) is 18.3. The number of amides is 1. The van der Waals surface area contributed by atoms with Crippen LogP contribution in [0.3, 0.4) is 0 Å². The second-order valence-corrected chi connectivity index (χ2v) is 9.03. The number of ether oxygens (including phenoxy) is 3. The third-order valence-corrected chi connectivity index (χ3v) is 6.08. The molecule has 0 saturated heterocycles. The molecular weight excluding hydrogens is 443 g/mol. The van der Waals surface area contributed by atoms with E-state index in [1.165, 1.54) is 12.1 Å². The molecule has 2 N–H and O–H groups in total. The van der Waals surface area contributed by atoms with Crippen molar-refractivity contribution in [2.45, 2.75) is 31.3 Å². The molecule has 2 aromatic carbocycles. The third-order valence-electron chi connectivity index (χ3n) is 4.60. The van der Waals surface area contributed by atoms with Gasteiger partial charge in [-0.2, -0.15) is 4.72 Å². The Bertz CT molecular complexity index is 1110. The fourth-order valence-corrected chi connectivity index (χ4v) is 4.29. The molecule has 1 heterocycles. The fraction of sp³-hybridized carbons (Fsp3) is 0.333. The van der Waals surface area contributed by atoms with E-state index in [-0.39, 0.29) is 13.3 Å². The Morgan fingerprint density at radius 3 is 2.56 bits per heavy atom. The molecule has 11 heteroatoms. The lowest BCUT2D eigenvalue weighted by atomic mass is 10.1. The van der Waals surface area contributed by atoms with Crippen LogP contribution >= 0.6 is 0 Å². The molecule has 0 unspecified atom stereocenters. The summed E-state index contributed by atoms with van der Waals surface area (Å²) in [4.78, 5) is 23.9. The third kappa shape index (κ3) is 5.74. The average molecular weight is 466 g/mol. The monoisotopic (exact) mass is 466 g/mol.